The van der Waals surface area contributed by atoms with Crippen molar-refractivity contribution in [3.63, 3.8) is 0 Å². The van der Waals surface area contributed by atoms with Gasteiger partial charge in [0.1, 0.15) is 0 Å². The van der Waals surface area contributed by atoms with Gasteiger partial charge in [-0.1, -0.05) is 0 Å². The maximum atomic E-state index is 11.3. The van der Waals surface area contributed by atoms with Gasteiger partial charge in [0, 0.05) is 11.8 Å². The minimum absolute atomic E-state index is 0.00620. The van der Waals surface area contributed by atoms with Crippen molar-refractivity contribution in [2.75, 3.05) is 0 Å². The second-order valence-electron chi connectivity index (χ2n) is 4.98. The van der Waals surface area contributed by atoms with E-state index in [0.717, 1.165) is 0 Å². The number of aliphatic carboxylic acids is 2. The molecule has 6 unspecified atom stereocenters. The van der Waals surface area contributed by atoms with Gasteiger partial charge in [0.25, 0.3) is 0 Å². The van der Waals surface area contributed by atoms with Crippen molar-refractivity contribution >= 4 is 11.9 Å². The highest BCUT2D eigenvalue weighted by atomic mass is 16.6. The molecule has 0 amide bonds. The summed E-state index contributed by atoms with van der Waals surface area (Å²) < 4.78 is 5.34. The predicted molar refractivity (Wildman–Crippen MR) is 47.1 cm³/mol. The van der Waals surface area contributed by atoms with Gasteiger partial charge in [-0.2, -0.15) is 0 Å². The lowest BCUT2D eigenvalue weighted by Crippen LogP contribution is -2.47. The summed E-state index contributed by atoms with van der Waals surface area (Å²) in [6.07, 6.45) is 0.713. The maximum Gasteiger partial charge on any atom is 0.310 e. The number of hydrogen-bond donors (Lipinski definition) is 2. The Morgan fingerprint density at radius 2 is 2.00 bits per heavy atom. The Morgan fingerprint density at radius 3 is 2.53 bits per heavy atom. The zero-order chi connectivity index (χ0) is 11.0. The molecule has 1 heterocycles. The first-order chi connectivity index (χ1) is 6.98. The molecule has 6 atom stereocenters. The number of rotatable bonds is 2. The van der Waals surface area contributed by atoms with E-state index in [-0.39, 0.29) is 24.0 Å². The largest absolute Gasteiger partial charge is 0.481 e. The van der Waals surface area contributed by atoms with Crippen molar-refractivity contribution in [3.8, 4) is 0 Å². The molecule has 0 radical (unpaired) electrons. The van der Waals surface area contributed by atoms with Gasteiger partial charge in [-0.15, -0.1) is 0 Å². The van der Waals surface area contributed by atoms with Crippen molar-refractivity contribution in [1.82, 2.24) is 0 Å². The van der Waals surface area contributed by atoms with E-state index in [1.54, 1.807) is 6.92 Å². The van der Waals surface area contributed by atoms with Crippen molar-refractivity contribution < 1.29 is 24.5 Å². The van der Waals surface area contributed by atoms with E-state index < -0.39 is 23.3 Å². The van der Waals surface area contributed by atoms with Crippen LogP contribution < -0.4 is 0 Å². The Balaban J connectivity index is 2.05. The lowest BCUT2D eigenvalue weighted by molar-refractivity contribution is -0.164. The fraction of sp³-hybridized carbons (Fsp3) is 0.800. The topological polar surface area (TPSA) is 87.1 Å². The molecule has 1 aliphatic heterocycles. The summed E-state index contributed by atoms with van der Waals surface area (Å²) in [6.45, 7) is 1.55. The van der Waals surface area contributed by atoms with Crippen LogP contribution in [0.4, 0.5) is 0 Å². The maximum absolute atomic E-state index is 11.3. The van der Waals surface area contributed by atoms with Gasteiger partial charge in [0.2, 0.25) is 0 Å². The molecule has 2 N–H and O–H groups in total. The molecule has 3 fully saturated rings. The van der Waals surface area contributed by atoms with Crippen LogP contribution in [-0.4, -0.2) is 34.4 Å². The molecule has 0 aromatic carbocycles. The van der Waals surface area contributed by atoms with Crippen LogP contribution in [0.2, 0.25) is 0 Å². The summed E-state index contributed by atoms with van der Waals surface area (Å²) >= 11 is 0. The zero-order valence-electron chi connectivity index (χ0n) is 8.21. The highest BCUT2D eigenvalue weighted by molar-refractivity contribution is 5.85. The number of carbonyl (C=O) groups is 2. The van der Waals surface area contributed by atoms with Crippen LogP contribution in [0.3, 0.4) is 0 Å². The van der Waals surface area contributed by atoms with Crippen molar-refractivity contribution in [3.05, 3.63) is 0 Å². The number of hydrogen-bond acceptors (Lipinski definition) is 3. The molecule has 5 heteroatoms. The molecule has 5 nitrogen and oxygen atoms in total. The Morgan fingerprint density at radius 1 is 1.33 bits per heavy atom. The molecule has 1 saturated heterocycles. The molecule has 3 aliphatic rings. The lowest BCUT2D eigenvalue weighted by atomic mass is 9.67. The molecule has 2 saturated carbocycles. The first kappa shape index (κ1) is 9.15. The summed E-state index contributed by atoms with van der Waals surface area (Å²) in [5.74, 6) is -3.01. The van der Waals surface area contributed by atoms with E-state index in [0.29, 0.717) is 6.42 Å². The van der Waals surface area contributed by atoms with Gasteiger partial charge in [-0.05, 0) is 13.3 Å². The van der Waals surface area contributed by atoms with E-state index in [4.69, 9.17) is 9.84 Å². The quantitative estimate of drug-likeness (QED) is 0.638. The third-order valence-electron chi connectivity index (χ3n) is 4.48. The van der Waals surface area contributed by atoms with Gasteiger partial charge >= 0.3 is 11.9 Å². The van der Waals surface area contributed by atoms with Crippen molar-refractivity contribution in [1.29, 1.82) is 0 Å². The molecule has 0 spiro atoms. The average molecular weight is 212 g/mol. The van der Waals surface area contributed by atoms with Gasteiger partial charge < -0.3 is 14.9 Å². The minimum Gasteiger partial charge on any atom is -0.481 e. The first-order valence-electron chi connectivity index (χ1n) is 5.09. The number of fused-ring (bicyclic) bond motifs is 5. The third kappa shape index (κ3) is 0.833. The predicted octanol–water partition coefficient (Wildman–Crippen LogP) is 0.195. The van der Waals surface area contributed by atoms with E-state index in [1.807, 2.05) is 0 Å². The number of carboxylic acids is 2. The summed E-state index contributed by atoms with van der Waals surface area (Å²) in [5.41, 5.74) is -1.14. The van der Waals surface area contributed by atoms with Crippen molar-refractivity contribution in [2.24, 2.45) is 23.2 Å². The minimum atomic E-state index is -1.14. The molecular formula is C10H12O5. The second kappa shape index (κ2) is 2.35. The molecule has 3 rings (SSSR count). The summed E-state index contributed by atoms with van der Waals surface area (Å²) in [6, 6.07) is 0. The standard InChI is InChI=1S/C10H12O5/c1-10(9(13)14)4-2-3(5(10)8(11)12)6-7(4)15-6/h3-7H,2H2,1H3,(H,11,12)(H,13,14). The van der Waals surface area contributed by atoms with Gasteiger partial charge in [0.05, 0.1) is 23.5 Å². The summed E-state index contributed by atoms with van der Waals surface area (Å²) in [5, 5.41) is 18.4. The van der Waals surface area contributed by atoms with Crippen LogP contribution in [0.1, 0.15) is 13.3 Å². The van der Waals surface area contributed by atoms with E-state index in [1.165, 1.54) is 0 Å². The zero-order valence-corrected chi connectivity index (χ0v) is 8.21. The first-order valence-corrected chi connectivity index (χ1v) is 5.09. The SMILES string of the molecule is CC1(C(=O)O)C2CC(C3OC32)C1C(=O)O. The molecule has 0 aromatic heterocycles. The normalized spacial score (nSPS) is 55.1. The Bertz CT molecular complexity index is 365. The number of epoxide rings is 1. The monoisotopic (exact) mass is 212 g/mol. The summed E-state index contributed by atoms with van der Waals surface area (Å²) in [7, 11) is 0. The molecule has 15 heavy (non-hydrogen) atoms. The average Bonchev–Trinajstić information content (AvgIpc) is 2.77. The van der Waals surface area contributed by atoms with Crippen LogP contribution in [-0.2, 0) is 14.3 Å². The lowest BCUT2D eigenvalue weighted by Gasteiger charge is -2.32. The fourth-order valence-electron chi connectivity index (χ4n) is 3.68. The molecule has 2 bridgehead atoms. The van der Waals surface area contributed by atoms with Crippen LogP contribution in [0.5, 0.6) is 0 Å². The molecule has 82 valence electrons. The third-order valence-corrected chi connectivity index (χ3v) is 4.48. The molecular weight excluding hydrogens is 200 g/mol. The molecule has 2 aliphatic carbocycles. The Labute approximate surface area is 86.0 Å². The van der Waals surface area contributed by atoms with Crippen LogP contribution in [0, 0.1) is 23.2 Å². The fourth-order valence-corrected chi connectivity index (χ4v) is 3.68. The summed E-state index contributed by atoms with van der Waals surface area (Å²) in [4.78, 5) is 22.4. The smallest absolute Gasteiger partial charge is 0.310 e. The Kier molecular flexibility index (Phi) is 1.43. The van der Waals surface area contributed by atoms with Crippen molar-refractivity contribution in [2.45, 2.75) is 25.6 Å². The van der Waals surface area contributed by atoms with Crippen LogP contribution in [0.25, 0.3) is 0 Å². The molecule has 0 aromatic rings. The highest BCUT2D eigenvalue weighted by Crippen LogP contribution is 2.66. The number of carboxylic acid groups (broad SMARTS) is 2. The van der Waals surface area contributed by atoms with E-state index in [9.17, 15) is 14.7 Å². The highest BCUT2D eigenvalue weighted by Gasteiger charge is 2.75. The van der Waals surface area contributed by atoms with Gasteiger partial charge in [-0.25, -0.2) is 0 Å². The van der Waals surface area contributed by atoms with Crippen LogP contribution >= 0.6 is 0 Å². The van der Waals surface area contributed by atoms with Crippen LogP contribution in [0.15, 0.2) is 0 Å². The second-order valence-corrected chi connectivity index (χ2v) is 4.98. The van der Waals surface area contributed by atoms with E-state index >= 15 is 0 Å². The van der Waals surface area contributed by atoms with Gasteiger partial charge in [0.15, 0.2) is 0 Å². The number of ether oxygens (including phenoxy) is 1. The Hall–Kier alpha value is -1.10. The van der Waals surface area contributed by atoms with E-state index in [2.05, 4.69) is 0 Å². The van der Waals surface area contributed by atoms with Gasteiger partial charge in [-0.3, -0.25) is 9.59 Å².